The summed E-state index contributed by atoms with van der Waals surface area (Å²) in [4.78, 5) is 11.2. The fourth-order valence-corrected chi connectivity index (χ4v) is 1.60. The second-order valence-corrected chi connectivity index (χ2v) is 4.53. The highest BCUT2D eigenvalue weighted by Gasteiger charge is 2.23. The van der Waals surface area contributed by atoms with Gasteiger partial charge < -0.3 is 9.84 Å². The van der Waals surface area contributed by atoms with Gasteiger partial charge in [0.15, 0.2) is 0 Å². The molecule has 0 saturated carbocycles. The van der Waals surface area contributed by atoms with E-state index in [0.29, 0.717) is 6.61 Å². The number of phenols is 1. The SMILES string of the molecule is CCCOC(C)(C)c1ccc(C(=O)NO)c(O)c1. The zero-order valence-corrected chi connectivity index (χ0v) is 10.9. The topological polar surface area (TPSA) is 78.8 Å². The van der Waals surface area contributed by atoms with Crippen molar-refractivity contribution in [3.05, 3.63) is 29.3 Å². The number of hydroxylamine groups is 1. The van der Waals surface area contributed by atoms with Gasteiger partial charge in [-0.3, -0.25) is 10.0 Å². The number of carbonyl (C=O) groups is 1. The zero-order chi connectivity index (χ0) is 13.8. The molecule has 0 saturated heterocycles. The van der Waals surface area contributed by atoms with Crippen molar-refractivity contribution in [1.82, 2.24) is 5.48 Å². The molecule has 0 heterocycles. The number of hydrogen-bond donors (Lipinski definition) is 3. The Labute approximate surface area is 106 Å². The van der Waals surface area contributed by atoms with E-state index in [-0.39, 0.29) is 11.3 Å². The van der Waals surface area contributed by atoms with Gasteiger partial charge >= 0.3 is 0 Å². The zero-order valence-electron chi connectivity index (χ0n) is 10.9. The molecule has 0 aliphatic heterocycles. The Morgan fingerprint density at radius 2 is 2.11 bits per heavy atom. The molecule has 1 rings (SSSR count). The molecule has 1 aromatic rings. The fraction of sp³-hybridized carbons (Fsp3) is 0.462. The minimum atomic E-state index is -0.744. The number of aromatic hydroxyl groups is 1. The second-order valence-electron chi connectivity index (χ2n) is 4.53. The van der Waals surface area contributed by atoms with Crippen LogP contribution in [-0.4, -0.2) is 22.8 Å². The summed E-state index contributed by atoms with van der Waals surface area (Å²) in [6.07, 6.45) is 0.903. The highest BCUT2D eigenvalue weighted by Crippen LogP contribution is 2.29. The van der Waals surface area contributed by atoms with E-state index in [9.17, 15) is 9.90 Å². The quantitative estimate of drug-likeness (QED) is 0.555. The van der Waals surface area contributed by atoms with Crippen molar-refractivity contribution in [2.24, 2.45) is 0 Å². The van der Waals surface area contributed by atoms with Gasteiger partial charge in [-0.25, -0.2) is 5.48 Å². The molecular formula is C13H19NO4. The minimum absolute atomic E-state index is 0.0209. The van der Waals surface area contributed by atoms with E-state index in [4.69, 9.17) is 9.94 Å². The standard InChI is InChI=1S/C13H19NO4/c1-4-7-18-13(2,3)9-5-6-10(11(15)8-9)12(16)14-17/h5-6,8,15,17H,4,7H2,1-3H3,(H,14,16). The molecular weight excluding hydrogens is 234 g/mol. The Bertz CT molecular complexity index is 429. The van der Waals surface area contributed by atoms with Crippen LogP contribution in [0.2, 0.25) is 0 Å². The van der Waals surface area contributed by atoms with Crippen LogP contribution < -0.4 is 5.48 Å². The van der Waals surface area contributed by atoms with Crippen molar-refractivity contribution in [3.8, 4) is 5.75 Å². The van der Waals surface area contributed by atoms with E-state index in [1.165, 1.54) is 17.6 Å². The summed E-state index contributed by atoms with van der Waals surface area (Å²) in [5.41, 5.74) is 1.73. The molecule has 0 atom stereocenters. The molecule has 0 fully saturated rings. The molecule has 0 unspecified atom stereocenters. The molecule has 3 N–H and O–H groups in total. The van der Waals surface area contributed by atoms with Gasteiger partial charge in [-0.1, -0.05) is 13.0 Å². The van der Waals surface area contributed by atoms with Crippen LogP contribution in [0.4, 0.5) is 0 Å². The van der Waals surface area contributed by atoms with E-state index in [2.05, 4.69) is 0 Å². The second kappa shape index (κ2) is 5.84. The van der Waals surface area contributed by atoms with Crippen LogP contribution in [0.25, 0.3) is 0 Å². The highest BCUT2D eigenvalue weighted by atomic mass is 16.5. The van der Waals surface area contributed by atoms with Crippen LogP contribution in [0.15, 0.2) is 18.2 Å². The molecule has 1 amide bonds. The molecule has 5 nitrogen and oxygen atoms in total. The lowest BCUT2D eigenvalue weighted by molar-refractivity contribution is -0.0214. The highest BCUT2D eigenvalue weighted by molar-refractivity contribution is 5.96. The first kappa shape index (κ1) is 14.5. The number of rotatable bonds is 5. The Kier molecular flexibility index (Phi) is 4.69. The van der Waals surface area contributed by atoms with E-state index in [0.717, 1.165) is 12.0 Å². The monoisotopic (exact) mass is 253 g/mol. The molecule has 0 aliphatic carbocycles. The predicted octanol–water partition coefficient (Wildman–Crippen LogP) is 2.17. The lowest BCUT2D eigenvalue weighted by atomic mass is 9.96. The number of ether oxygens (including phenoxy) is 1. The lowest BCUT2D eigenvalue weighted by Gasteiger charge is -2.26. The van der Waals surface area contributed by atoms with Crippen LogP contribution in [-0.2, 0) is 10.3 Å². The normalized spacial score (nSPS) is 11.3. The van der Waals surface area contributed by atoms with Gasteiger partial charge in [-0.05, 0) is 38.0 Å². The fourth-order valence-electron chi connectivity index (χ4n) is 1.60. The van der Waals surface area contributed by atoms with E-state index in [1.54, 1.807) is 6.07 Å². The van der Waals surface area contributed by atoms with Crippen molar-refractivity contribution >= 4 is 5.91 Å². The average Bonchev–Trinajstić information content (AvgIpc) is 2.35. The number of amides is 1. The van der Waals surface area contributed by atoms with Crippen molar-refractivity contribution in [1.29, 1.82) is 0 Å². The molecule has 5 heteroatoms. The van der Waals surface area contributed by atoms with Crippen molar-refractivity contribution in [2.75, 3.05) is 6.61 Å². The van der Waals surface area contributed by atoms with Crippen LogP contribution in [0.3, 0.4) is 0 Å². The van der Waals surface area contributed by atoms with Gasteiger partial charge in [0.25, 0.3) is 5.91 Å². The average molecular weight is 253 g/mol. The molecule has 0 radical (unpaired) electrons. The summed E-state index contributed by atoms with van der Waals surface area (Å²) >= 11 is 0. The summed E-state index contributed by atoms with van der Waals surface area (Å²) in [5.74, 6) is -0.932. The van der Waals surface area contributed by atoms with Gasteiger partial charge in [0.1, 0.15) is 5.75 Å². The molecule has 0 spiro atoms. The number of benzene rings is 1. The van der Waals surface area contributed by atoms with Crippen LogP contribution >= 0.6 is 0 Å². The minimum Gasteiger partial charge on any atom is -0.507 e. The summed E-state index contributed by atoms with van der Waals surface area (Å²) < 4.78 is 5.69. The van der Waals surface area contributed by atoms with Gasteiger partial charge in [-0.2, -0.15) is 0 Å². The molecule has 0 bridgehead atoms. The summed E-state index contributed by atoms with van der Waals surface area (Å²) in [6.45, 7) is 6.42. The van der Waals surface area contributed by atoms with Gasteiger partial charge in [0, 0.05) is 6.61 Å². The third-order valence-corrected chi connectivity index (χ3v) is 2.71. The molecule has 18 heavy (non-hydrogen) atoms. The smallest absolute Gasteiger partial charge is 0.278 e. The number of phenolic OH excluding ortho intramolecular Hbond substituents is 1. The van der Waals surface area contributed by atoms with Crippen molar-refractivity contribution in [2.45, 2.75) is 32.8 Å². The Balaban J connectivity index is 3.00. The number of carbonyl (C=O) groups excluding carboxylic acids is 1. The Morgan fingerprint density at radius 3 is 2.61 bits per heavy atom. The van der Waals surface area contributed by atoms with Gasteiger partial charge in [0.05, 0.1) is 11.2 Å². The Hall–Kier alpha value is -1.59. The first-order valence-electron chi connectivity index (χ1n) is 5.84. The van der Waals surface area contributed by atoms with Crippen LogP contribution in [0, 0.1) is 0 Å². The lowest BCUT2D eigenvalue weighted by Crippen LogP contribution is -2.23. The van der Waals surface area contributed by atoms with E-state index >= 15 is 0 Å². The maximum atomic E-state index is 11.2. The summed E-state index contributed by atoms with van der Waals surface area (Å²) in [7, 11) is 0. The maximum absolute atomic E-state index is 11.2. The largest absolute Gasteiger partial charge is 0.507 e. The predicted molar refractivity (Wildman–Crippen MR) is 66.6 cm³/mol. The third kappa shape index (κ3) is 3.21. The summed E-state index contributed by atoms with van der Waals surface area (Å²) in [6, 6.07) is 4.62. The number of nitrogens with one attached hydrogen (secondary N) is 1. The van der Waals surface area contributed by atoms with E-state index < -0.39 is 11.5 Å². The van der Waals surface area contributed by atoms with Crippen LogP contribution in [0.5, 0.6) is 5.75 Å². The van der Waals surface area contributed by atoms with E-state index in [1.807, 2.05) is 20.8 Å². The van der Waals surface area contributed by atoms with Crippen LogP contribution in [0.1, 0.15) is 43.1 Å². The number of hydrogen-bond acceptors (Lipinski definition) is 4. The van der Waals surface area contributed by atoms with Crippen molar-refractivity contribution in [3.63, 3.8) is 0 Å². The van der Waals surface area contributed by atoms with Gasteiger partial charge in [-0.15, -0.1) is 0 Å². The molecule has 100 valence electrons. The first-order chi connectivity index (χ1) is 8.42. The maximum Gasteiger partial charge on any atom is 0.278 e. The van der Waals surface area contributed by atoms with Crippen molar-refractivity contribution < 1.29 is 19.8 Å². The third-order valence-electron chi connectivity index (χ3n) is 2.71. The molecule has 0 aliphatic rings. The molecule has 0 aromatic heterocycles. The molecule has 1 aromatic carbocycles. The Morgan fingerprint density at radius 1 is 1.44 bits per heavy atom. The first-order valence-corrected chi connectivity index (χ1v) is 5.84. The van der Waals surface area contributed by atoms with Gasteiger partial charge in [0.2, 0.25) is 0 Å². The summed E-state index contributed by atoms with van der Waals surface area (Å²) in [5, 5.41) is 18.3.